The highest BCUT2D eigenvalue weighted by Crippen LogP contribution is 2.40. The van der Waals surface area contributed by atoms with Crippen LogP contribution in [-0.4, -0.2) is 101 Å². The zero-order valence-electron chi connectivity index (χ0n) is 35.1. The van der Waals surface area contributed by atoms with Crippen LogP contribution in [0.5, 0.6) is 23.0 Å². The van der Waals surface area contributed by atoms with Gasteiger partial charge in [0.1, 0.15) is 23.1 Å². The van der Waals surface area contributed by atoms with E-state index in [-0.39, 0.29) is 29.9 Å². The molecule has 15 nitrogen and oxygen atoms in total. The predicted molar refractivity (Wildman–Crippen MR) is 249 cm³/mol. The smallest absolute Gasteiger partial charge is 0.323 e. The zero-order valence-corrected chi connectivity index (χ0v) is 36.0. The summed E-state index contributed by atoms with van der Waals surface area (Å²) in [5, 5.41) is 13.5. The van der Waals surface area contributed by atoms with E-state index in [1.165, 1.54) is 14.2 Å². The minimum absolute atomic E-state index is 0. The Morgan fingerprint density at radius 1 is 0.817 bits per heavy atom. The maximum absolute atomic E-state index is 13.5. The van der Waals surface area contributed by atoms with Gasteiger partial charge in [-0.1, -0.05) is 52.0 Å². The van der Waals surface area contributed by atoms with Crippen molar-refractivity contribution in [2.75, 3.05) is 87.0 Å². The fourth-order valence-corrected chi connectivity index (χ4v) is 7.47. The van der Waals surface area contributed by atoms with Crippen LogP contribution in [0.15, 0.2) is 85.1 Å². The van der Waals surface area contributed by atoms with Crippen molar-refractivity contribution < 1.29 is 39.4 Å². The number of hydrogen-bond acceptors (Lipinski definition) is 11. The zero-order chi connectivity index (χ0) is 43.0. The average molecular weight is 849 g/mol. The van der Waals surface area contributed by atoms with Crippen molar-refractivity contribution in [2.24, 2.45) is 0 Å². The number of nitrogens with one attached hydrogen (secondary N) is 5. The van der Waals surface area contributed by atoms with Gasteiger partial charge in [-0.25, -0.2) is 18.2 Å². The largest absolute Gasteiger partial charge is 0.496 e. The first-order chi connectivity index (χ1) is 28.6. The predicted octanol–water partition coefficient (Wildman–Crippen LogP) is 8.70. The highest BCUT2D eigenvalue weighted by Gasteiger charge is 2.23. The minimum Gasteiger partial charge on any atom is -0.496 e. The van der Waals surface area contributed by atoms with Gasteiger partial charge in [-0.3, -0.25) is 14.4 Å². The summed E-state index contributed by atoms with van der Waals surface area (Å²) in [5.74, 6) is 1.98. The number of likely N-dealkylation sites (N-methyl/N-ethyl adjacent to an activating group) is 1. The van der Waals surface area contributed by atoms with Gasteiger partial charge in [-0.2, -0.15) is 0 Å². The third kappa shape index (κ3) is 11.1. The van der Waals surface area contributed by atoms with Gasteiger partial charge in [-0.15, -0.1) is 0 Å². The van der Waals surface area contributed by atoms with Crippen molar-refractivity contribution in [3.8, 4) is 23.0 Å². The monoisotopic (exact) mass is 848 g/mol. The summed E-state index contributed by atoms with van der Waals surface area (Å²) in [6.45, 7) is 14.6. The third-order valence-corrected chi connectivity index (χ3v) is 10.7. The molecule has 1 saturated heterocycles. The van der Waals surface area contributed by atoms with Crippen molar-refractivity contribution in [1.82, 2.24) is 20.1 Å². The van der Waals surface area contributed by atoms with Gasteiger partial charge in [0, 0.05) is 81.2 Å². The molecule has 16 heteroatoms. The lowest BCUT2D eigenvalue weighted by Crippen LogP contribution is -2.48. The van der Waals surface area contributed by atoms with Crippen molar-refractivity contribution in [3.63, 3.8) is 0 Å². The molecule has 0 bridgehead atoms. The van der Waals surface area contributed by atoms with Crippen LogP contribution in [0, 0.1) is 0 Å². The normalized spacial score (nSPS) is 13.7. The lowest BCUT2D eigenvalue weighted by molar-refractivity contribution is 0.0935. The SMILES string of the molecule is CCN1CCN(CCNC(=O)c2ccc(Nc3cc(Oc4ccc(NC(=O)Nc5cc(C(C)(C)C)cc(NS(C)(=O)=O)c5OC)c5ccccc45)ccn3)cc2OC)CC1.[HH].[HH].[HH].[HH].[HH]. The number of pyridine rings is 1. The topological polar surface area (TPSA) is 175 Å². The number of aromatic nitrogens is 1. The van der Waals surface area contributed by atoms with Gasteiger partial charge in [0.05, 0.1) is 43.1 Å². The molecular formula is C44H64N8O7S. The number of piperazine rings is 1. The van der Waals surface area contributed by atoms with Crippen LogP contribution >= 0.6 is 0 Å². The third-order valence-electron chi connectivity index (χ3n) is 10.1. The molecule has 2 heterocycles. The number of carbonyl (C=O) groups excluding carboxylic acids is 2. The Kier molecular flexibility index (Phi) is 13.7. The highest BCUT2D eigenvalue weighted by atomic mass is 32.2. The van der Waals surface area contributed by atoms with E-state index in [2.05, 4.69) is 47.7 Å². The maximum atomic E-state index is 13.5. The molecule has 3 amide bonds. The molecule has 5 aromatic rings. The Balaban J connectivity index is 0.00000422. The molecule has 0 unspecified atom stereocenters. The molecule has 1 aromatic heterocycles. The average Bonchev–Trinajstić information content (AvgIpc) is 3.21. The van der Waals surface area contributed by atoms with Crippen LogP contribution in [0.3, 0.4) is 0 Å². The van der Waals surface area contributed by atoms with Crippen LogP contribution < -0.4 is 40.2 Å². The molecule has 60 heavy (non-hydrogen) atoms. The minimum atomic E-state index is -3.64. The second kappa shape index (κ2) is 18.9. The number of methoxy groups -OCH3 is 2. The van der Waals surface area contributed by atoms with Crippen molar-refractivity contribution >= 4 is 61.3 Å². The Morgan fingerprint density at radius 2 is 1.52 bits per heavy atom. The summed E-state index contributed by atoms with van der Waals surface area (Å²) in [6.07, 6.45) is 2.68. The van der Waals surface area contributed by atoms with E-state index in [9.17, 15) is 18.0 Å². The molecule has 5 N–H and O–H groups in total. The summed E-state index contributed by atoms with van der Waals surface area (Å²) in [4.78, 5) is 35.9. The molecular weight excluding hydrogens is 785 g/mol. The van der Waals surface area contributed by atoms with Crippen molar-refractivity contribution in [3.05, 3.63) is 96.2 Å². The summed E-state index contributed by atoms with van der Waals surface area (Å²) < 4.78 is 44.4. The second-order valence-electron chi connectivity index (χ2n) is 15.5. The summed E-state index contributed by atoms with van der Waals surface area (Å²) in [7, 11) is -0.701. The number of sulfonamides is 1. The molecule has 1 aliphatic heterocycles. The molecule has 1 fully saturated rings. The summed E-state index contributed by atoms with van der Waals surface area (Å²) >= 11 is 0. The summed E-state index contributed by atoms with van der Waals surface area (Å²) in [5.41, 5.74) is 2.55. The van der Waals surface area contributed by atoms with Crippen molar-refractivity contribution in [2.45, 2.75) is 33.1 Å². The van der Waals surface area contributed by atoms with E-state index in [0.717, 1.165) is 61.9 Å². The van der Waals surface area contributed by atoms with Crippen molar-refractivity contribution in [1.29, 1.82) is 0 Å². The quantitative estimate of drug-likeness (QED) is 0.0682. The Bertz CT molecular complexity index is 2470. The van der Waals surface area contributed by atoms with E-state index in [0.29, 0.717) is 52.2 Å². The molecule has 6 rings (SSSR count). The second-order valence-corrected chi connectivity index (χ2v) is 17.3. The molecule has 0 saturated carbocycles. The summed E-state index contributed by atoms with van der Waals surface area (Å²) in [6, 6.07) is 22.7. The number of amides is 3. The van der Waals surface area contributed by atoms with Crippen LogP contribution in [0.2, 0.25) is 0 Å². The molecule has 4 aromatic carbocycles. The lowest BCUT2D eigenvalue weighted by atomic mass is 9.86. The molecule has 0 aliphatic carbocycles. The van der Waals surface area contributed by atoms with E-state index in [1.807, 2.05) is 45.0 Å². The Labute approximate surface area is 359 Å². The molecule has 0 radical (unpaired) electrons. The number of fused-ring (bicyclic) bond motifs is 1. The van der Waals surface area contributed by atoms with E-state index < -0.39 is 16.1 Å². The number of anilines is 5. The van der Waals surface area contributed by atoms with Crippen LogP contribution in [0.1, 0.15) is 50.7 Å². The lowest BCUT2D eigenvalue weighted by Gasteiger charge is -2.33. The van der Waals surface area contributed by atoms with Crippen LogP contribution in [0.25, 0.3) is 10.8 Å². The number of carbonyl (C=O) groups is 2. The number of ether oxygens (including phenoxy) is 3. The first kappa shape index (κ1) is 43.5. The number of hydrogen-bond donors (Lipinski definition) is 5. The molecule has 0 atom stereocenters. The van der Waals surface area contributed by atoms with E-state index in [1.54, 1.807) is 60.8 Å². The first-order valence-electron chi connectivity index (χ1n) is 19.8. The number of rotatable bonds is 15. The number of urea groups is 1. The molecule has 328 valence electrons. The van der Waals surface area contributed by atoms with Gasteiger partial charge in [0.2, 0.25) is 10.0 Å². The highest BCUT2D eigenvalue weighted by molar-refractivity contribution is 7.92. The number of nitrogens with zero attached hydrogens (tertiary/aromatic N) is 3. The molecule has 0 spiro atoms. The van der Waals surface area contributed by atoms with E-state index >= 15 is 0 Å². The standard InChI is InChI=1S/C44H54N8O7S.5H2/c1-8-51-21-23-52(24-22-51)20-19-46-42(53)34-14-13-30(27-39(34)57-5)47-40-28-31(17-18-45-40)59-38-16-15-35(32-11-9-10-12-33(32)38)48-43(54)49-36-25-29(44(2,3)4)26-37(41(36)58-6)50-60(7,55)56;;;;;/h9-18,25-28,50H,8,19-24H2,1-7H3,(H,45,47)(H,46,53)(H2,48,49,54);5*1H. The van der Waals surface area contributed by atoms with Gasteiger partial charge in [-0.05, 0) is 60.0 Å². The Hall–Kier alpha value is -6.10. The fourth-order valence-electron chi connectivity index (χ4n) is 6.92. The van der Waals surface area contributed by atoms with Gasteiger partial charge >= 0.3 is 6.03 Å². The van der Waals surface area contributed by atoms with Gasteiger partial charge < -0.3 is 40.4 Å². The van der Waals surface area contributed by atoms with Gasteiger partial charge in [0.15, 0.2) is 5.75 Å². The van der Waals surface area contributed by atoms with Gasteiger partial charge in [0.25, 0.3) is 5.91 Å². The first-order valence-corrected chi connectivity index (χ1v) is 21.6. The maximum Gasteiger partial charge on any atom is 0.323 e. The van der Waals surface area contributed by atoms with Crippen LogP contribution in [-0.2, 0) is 15.4 Å². The Morgan fingerprint density at radius 3 is 2.20 bits per heavy atom. The van der Waals surface area contributed by atoms with Crippen LogP contribution in [0.4, 0.5) is 33.4 Å². The fraction of sp³-hybridized carbons (Fsp3) is 0.341. The molecule has 1 aliphatic rings. The number of benzene rings is 4. The van der Waals surface area contributed by atoms with E-state index in [4.69, 9.17) is 14.2 Å².